The molecule has 4 rings (SSSR count). The summed E-state index contributed by atoms with van der Waals surface area (Å²) in [5.41, 5.74) is 8.45. The van der Waals surface area contributed by atoms with Crippen LogP contribution >= 0.6 is 0 Å². The summed E-state index contributed by atoms with van der Waals surface area (Å²) in [6, 6.07) is 7.22. The minimum absolute atomic E-state index is 0.205. The van der Waals surface area contributed by atoms with Crippen LogP contribution in [0, 0.1) is 0 Å². The molecule has 2 fully saturated rings. The topological polar surface area (TPSA) is 92.4 Å². The first kappa shape index (κ1) is 19.5. The van der Waals surface area contributed by atoms with E-state index in [1.165, 1.54) is 0 Å². The maximum Gasteiger partial charge on any atom is 0.248 e. The molecule has 1 aromatic carbocycles. The minimum Gasteiger partial charge on any atom is -0.366 e. The Hall–Kier alpha value is -2.80. The van der Waals surface area contributed by atoms with E-state index < -0.39 is 5.91 Å². The van der Waals surface area contributed by atoms with Crippen molar-refractivity contribution in [2.45, 2.75) is 31.6 Å². The van der Waals surface area contributed by atoms with Crippen molar-refractivity contribution in [3.63, 3.8) is 0 Å². The standard InChI is InChI=1S/C22H27N5O2/c23-22(29)17-6-3-5-16(13-17)20-21(25-9-8-24-20)18-7-4-10-26(14-18)15-19(28)27-11-1-2-12-27/h3,5-6,8-9,13,18H,1-2,4,7,10-12,14-15H2,(H2,23,29)/t18-/m0/s1. The maximum atomic E-state index is 12.6. The van der Waals surface area contributed by atoms with Crippen molar-refractivity contribution >= 4 is 11.8 Å². The lowest BCUT2D eigenvalue weighted by molar-refractivity contribution is -0.131. The highest BCUT2D eigenvalue weighted by molar-refractivity contribution is 5.94. The molecule has 0 spiro atoms. The predicted molar refractivity (Wildman–Crippen MR) is 110 cm³/mol. The van der Waals surface area contributed by atoms with Gasteiger partial charge in [0.1, 0.15) is 0 Å². The molecular formula is C22H27N5O2. The zero-order chi connectivity index (χ0) is 20.2. The number of benzene rings is 1. The Morgan fingerprint density at radius 3 is 2.66 bits per heavy atom. The summed E-state index contributed by atoms with van der Waals surface area (Å²) in [5, 5.41) is 0. The van der Waals surface area contributed by atoms with Crippen LogP contribution in [0.5, 0.6) is 0 Å². The number of carbonyl (C=O) groups is 2. The van der Waals surface area contributed by atoms with Crippen LogP contribution in [0.15, 0.2) is 36.7 Å². The quantitative estimate of drug-likeness (QED) is 0.839. The number of likely N-dealkylation sites (tertiary alicyclic amines) is 2. The second-order valence-corrected chi connectivity index (χ2v) is 7.90. The fourth-order valence-corrected chi connectivity index (χ4v) is 4.37. The molecule has 2 N–H and O–H groups in total. The molecule has 0 saturated carbocycles. The van der Waals surface area contributed by atoms with Crippen LogP contribution in [0.3, 0.4) is 0 Å². The van der Waals surface area contributed by atoms with Crippen molar-refractivity contribution in [3.8, 4) is 11.3 Å². The molecule has 2 aromatic rings. The summed E-state index contributed by atoms with van der Waals surface area (Å²) in [6.07, 6.45) is 7.65. The van der Waals surface area contributed by atoms with Crippen molar-refractivity contribution < 1.29 is 9.59 Å². The summed E-state index contributed by atoms with van der Waals surface area (Å²) >= 11 is 0. The van der Waals surface area contributed by atoms with Crippen molar-refractivity contribution in [1.29, 1.82) is 0 Å². The number of amides is 2. The second kappa shape index (κ2) is 8.69. The first-order valence-electron chi connectivity index (χ1n) is 10.3. The van der Waals surface area contributed by atoms with Gasteiger partial charge in [0, 0.05) is 49.1 Å². The molecule has 1 aromatic heterocycles. The van der Waals surface area contributed by atoms with Crippen LogP contribution < -0.4 is 5.73 Å². The van der Waals surface area contributed by atoms with Gasteiger partial charge in [-0.1, -0.05) is 12.1 Å². The number of hydrogen-bond acceptors (Lipinski definition) is 5. The molecule has 2 saturated heterocycles. The zero-order valence-electron chi connectivity index (χ0n) is 16.6. The summed E-state index contributed by atoms with van der Waals surface area (Å²) in [5.74, 6) is -0.0192. The van der Waals surface area contributed by atoms with Gasteiger partial charge < -0.3 is 10.6 Å². The average Bonchev–Trinajstić information content (AvgIpc) is 3.29. The molecule has 2 aliphatic rings. The van der Waals surface area contributed by atoms with E-state index in [1.807, 2.05) is 17.0 Å². The van der Waals surface area contributed by atoms with E-state index >= 15 is 0 Å². The monoisotopic (exact) mass is 393 g/mol. The third-order valence-corrected chi connectivity index (χ3v) is 5.86. The molecule has 0 bridgehead atoms. The number of rotatable bonds is 5. The number of primary amides is 1. The van der Waals surface area contributed by atoms with Crippen molar-refractivity contribution in [2.75, 3.05) is 32.7 Å². The Morgan fingerprint density at radius 1 is 1.07 bits per heavy atom. The Kier molecular flexibility index (Phi) is 5.85. The third kappa shape index (κ3) is 4.45. The fourth-order valence-electron chi connectivity index (χ4n) is 4.37. The van der Waals surface area contributed by atoms with Gasteiger partial charge in [-0.3, -0.25) is 24.5 Å². The minimum atomic E-state index is -0.457. The van der Waals surface area contributed by atoms with Gasteiger partial charge in [0.2, 0.25) is 11.8 Å². The van der Waals surface area contributed by atoms with Gasteiger partial charge in [0.25, 0.3) is 0 Å². The fraction of sp³-hybridized carbons (Fsp3) is 0.455. The van der Waals surface area contributed by atoms with Gasteiger partial charge >= 0.3 is 0 Å². The number of hydrogen-bond donors (Lipinski definition) is 1. The normalized spacial score (nSPS) is 20.0. The molecule has 7 nitrogen and oxygen atoms in total. The van der Waals surface area contributed by atoms with Gasteiger partial charge in [-0.25, -0.2) is 0 Å². The van der Waals surface area contributed by atoms with Gasteiger partial charge in [0.05, 0.1) is 17.9 Å². The molecule has 7 heteroatoms. The number of piperidine rings is 1. The largest absolute Gasteiger partial charge is 0.366 e. The first-order valence-corrected chi connectivity index (χ1v) is 10.3. The Morgan fingerprint density at radius 2 is 1.86 bits per heavy atom. The smallest absolute Gasteiger partial charge is 0.248 e. The predicted octanol–water partition coefficient (Wildman–Crippen LogP) is 2.04. The molecule has 2 amide bonds. The zero-order valence-corrected chi connectivity index (χ0v) is 16.6. The number of nitrogens with zero attached hydrogens (tertiary/aromatic N) is 4. The summed E-state index contributed by atoms with van der Waals surface area (Å²) in [6.45, 7) is 3.98. The Labute approximate surface area is 170 Å². The molecule has 0 radical (unpaired) electrons. The third-order valence-electron chi connectivity index (χ3n) is 5.86. The molecule has 0 aliphatic carbocycles. The molecule has 2 aliphatic heterocycles. The SMILES string of the molecule is NC(=O)c1cccc(-c2nccnc2[C@H]2CCCN(CC(=O)N3CCCC3)C2)c1. The van der Waals surface area contributed by atoms with Crippen LogP contribution in [-0.2, 0) is 4.79 Å². The lowest BCUT2D eigenvalue weighted by atomic mass is 9.91. The summed E-state index contributed by atoms with van der Waals surface area (Å²) in [4.78, 5) is 37.6. The lowest BCUT2D eigenvalue weighted by Crippen LogP contribution is -2.43. The van der Waals surface area contributed by atoms with Crippen LogP contribution in [0.4, 0.5) is 0 Å². The average molecular weight is 393 g/mol. The summed E-state index contributed by atoms with van der Waals surface area (Å²) in [7, 11) is 0. The molecule has 0 unspecified atom stereocenters. The van der Waals surface area contributed by atoms with Crippen molar-refractivity contribution in [1.82, 2.24) is 19.8 Å². The van der Waals surface area contributed by atoms with Gasteiger partial charge in [0.15, 0.2) is 0 Å². The van der Waals surface area contributed by atoms with Gasteiger partial charge in [-0.15, -0.1) is 0 Å². The van der Waals surface area contributed by atoms with E-state index in [9.17, 15) is 9.59 Å². The Balaban J connectivity index is 1.53. The van der Waals surface area contributed by atoms with E-state index in [2.05, 4.69) is 14.9 Å². The van der Waals surface area contributed by atoms with Crippen LogP contribution in [0.2, 0.25) is 0 Å². The lowest BCUT2D eigenvalue weighted by Gasteiger charge is -2.33. The second-order valence-electron chi connectivity index (χ2n) is 7.90. The number of carbonyl (C=O) groups excluding carboxylic acids is 2. The van der Waals surface area contributed by atoms with Gasteiger partial charge in [-0.2, -0.15) is 0 Å². The van der Waals surface area contributed by atoms with E-state index in [1.54, 1.807) is 24.5 Å². The molecule has 3 heterocycles. The van der Waals surface area contributed by atoms with Gasteiger partial charge in [-0.05, 0) is 44.4 Å². The van der Waals surface area contributed by atoms with Crippen molar-refractivity contribution in [2.24, 2.45) is 5.73 Å². The Bertz CT molecular complexity index is 894. The van der Waals surface area contributed by atoms with Crippen LogP contribution in [0.1, 0.15) is 47.7 Å². The molecular weight excluding hydrogens is 366 g/mol. The highest BCUT2D eigenvalue weighted by atomic mass is 16.2. The molecule has 1 atom stereocenters. The van der Waals surface area contributed by atoms with E-state index in [0.29, 0.717) is 12.1 Å². The number of aromatic nitrogens is 2. The number of nitrogens with two attached hydrogens (primary N) is 1. The van der Waals surface area contributed by atoms with Crippen molar-refractivity contribution in [3.05, 3.63) is 47.9 Å². The van der Waals surface area contributed by atoms with E-state index in [4.69, 9.17) is 5.73 Å². The van der Waals surface area contributed by atoms with Crippen LogP contribution in [-0.4, -0.2) is 64.3 Å². The highest BCUT2D eigenvalue weighted by Crippen LogP contribution is 2.32. The van der Waals surface area contributed by atoms with Crippen LogP contribution in [0.25, 0.3) is 11.3 Å². The summed E-state index contributed by atoms with van der Waals surface area (Å²) < 4.78 is 0. The molecule has 29 heavy (non-hydrogen) atoms. The van der Waals surface area contributed by atoms with E-state index in [0.717, 1.165) is 68.8 Å². The first-order chi connectivity index (χ1) is 14.1. The maximum absolute atomic E-state index is 12.6. The highest BCUT2D eigenvalue weighted by Gasteiger charge is 2.28. The van der Waals surface area contributed by atoms with E-state index in [-0.39, 0.29) is 11.8 Å². The molecule has 152 valence electrons.